The van der Waals surface area contributed by atoms with Gasteiger partial charge >= 0.3 is 23.9 Å². The summed E-state index contributed by atoms with van der Waals surface area (Å²) in [6.07, 6.45) is 2.12. The Morgan fingerprint density at radius 2 is 1.63 bits per heavy atom. The summed E-state index contributed by atoms with van der Waals surface area (Å²) in [5.41, 5.74) is 0.476. The first kappa shape index (κ1) is 20.7. The Labute approximate surface area is 160 Å². The van der Waals surface area contributed by atoms with E-state index in [2.05, 4.69) is 10.6 Å². The van der Waals surface area contributed by atoms with Crippen LogP contribution < -0.4 is 10.6 Å². The highest BCUT2D eigenvalue weighted by molar-refractivity contribution is 7.18. The Hall–Kier alpha value is -2.62. The molecule has 3 N–H and O–H groups in total. The summed E-state index contributed by atoms with van der Waals surface area (Å²) in [5, 5.41) is 14.6. The van der Waals surface area contributed by atoms with E-state index in [4.69, 9.17) is 14.6 Å². The third kappa shape index (κ3) is 4.76. The second-order valence-corrected chi connectivity index (χ2v) is 7.25. The number of urea groups is 1. The highest BCUT2D eigenvalue weighted by Crippen LogP contribution is 2.34. The lowest BCUT2D eigenvalue weighted by atomic mass is 9.86. The zero-order valence-electron chi connectivity index (χ0n) is 15.3. The van der Waals surface area contributed by atoms with Crippen molar-refractivity contribution < 1.29 is 33.8 Å². The largest absolute Gasteiger partial charge is 0.481 e. The molecule has 0 aromatic carbocycles. The fourth-order valence-corrected chi connectivity index (χ4v) is 4.15. The number of carboxylic acids is 1. The number of carbonyl (C=O) groups is 4. The highest BCUT2D eigenvalue weighted by Gasteiger charge is 2.29. The van der Waals surface area contributed by atoms with Crippen molar-refractivity contribution in [2.24, 2.45) is 5.92 Å². The van der Waals surface area contributed by atoms with Crippen LogP contribution in [-0.4, -0.2) is 49.3 Å². The summed E-state index contributed by atoms with van der Waals surface area (Å²) in [6, 6.07) is -0.681. The smallest absolute Gasteiger partial charge is 0.348 e. The van der Waals surface area contributed by atoms with Gasteiger partial charge in [-0.2, -0.15) is 0 Å². The number of methoxy groups -OCH3 is 2. The maximum Gasteiger partial charge on any atom is 0.348 e. The van der Waals surface area contributed by atoms with Gasteiger partial charge in [0.1, 0.15) is 9.88 Å². The van der Waals surface area contributed by atoms with E-state index in [1.165, 1.54) is 14.2 Å². The van der Waals surface area contributed by atoms with Crippen LogP contribution in [0.15, 0.2) is 0 Å². The molecule has 2 rings (SSSR count). The average molecular weight is 398 g/mol. The lowest BCUT2D eigenvalue weighted by molar-refractivity contribution is -0.142. The minimum atomic E-state index is -0.815. The number of carboxylic acid groups (broad SMARTS) is 1. The normalized spacial score (nSPS) is 19.1. The van der Waals surface area contributed by atoms with E-state index in [9.17, 15) is 19.2 Å². The predicted molar refractivity (Wildman–Crippen MR) is 97.3 cm³/mol. The number of nitrogens with one attached hydrogen (secondary N) is 2. The average Bonchev–Trinajstić information content (AvgIpc) is 2.96. The van der Waals surface area contributed by atoms with Crippen LogP contribution in [0.25, 0.3) is 0 Å². The fourth-order valence-electron chi connectivity index (χ4n) is 3.05. The topological polar surface area (TPSA) is 131 Å². The zero-order chi connectivity index (χ0) is 20.1. The summed E-state index contributed by atoms with van der Waals surface area (Å²) >= 11 is 0.932. The first-order valence-corrected chi connectivity index (χ1v) is 9.20. The van der Waals surface area contributed by atoms with Crippen molar-refractivity contribution in [3.05, 3.63) is 16.0 Å². The Balaban J connectivity index is 2.09. The quantitative estimate of drug-likeness (QED) is 0.649. The molecule has 0 saturated heterocycles. The monoisotopic (exact) mass is 398 g/mol. The molecule has 0 bridgehead atoms. The van der Waals surface area contributed by atoms with Crippen LogP contribution in [-0.2, 0) is 14.3 Å². The molecule has 1 aliphatic rings. The summed E-state index contributed by atoms with van der Waals surface area (Å²) in [7, 11) is 2.44. The molecule has 1 aliphatic carbocycles. The second-order valence-electron chi connectivity index (χ2n) is 6.23. The molecule has 1 fully saturated rings. The molecule has 0 atom stereocenters. The summed E-state index contributed by atoms with van der Waals surface area (Å²) in [4.78, 5) is 47.4. The molecule has 1 heterocycles. The number of hydrogen-bond acceptors (Lipinski definition) is 7. The number of anilines is 1. The lowest BCUT2D eigenvalue weighted by Crippen LogP contribution is -2.41. The van der Waals surface area contributed by atoms with E-state index in [0.717, 1.165) is 11.3 Å². The zero-order valence-corrected chi connectivity index (χ0v) is 16.1. The van der Waals surface area contributed by atoms with Crippen molar-refractivity contribution in [2.45, 2.75) is 38.6 Å². The summed E-state index contributed by atoms with van der Waals surface area (Å²) in [6.45, 7) is 1.57. The predicted octanol–water partition coefficient (Wildman–Crippen LogP) is 2.39. The Morgan fingerprint density at radius 1 is 1.04 bits per heavy atom. The fraction of sp³-hybridized carbons (Fsp3) is 0.529. The van der Waals surface area contributed by atoms with E-state index >= 15 is 0 Å². The van der Waals surface area contributed by atoms with E-state index < -0.39 is 23.9 Å². The van der Waals surface area contributed by atoms with E-state index in [-0.39, 0.29) is 27.4 Å². The van der Waals surface area contributed by atoms with Crippen LogP contribution >= 0.6 is 11.3 Å². The number of thiophene rings is 1. The van der Waals surface area contributed by atoms with Gasteiger partial charge in [0.05, 0.1) is 25.7 Å². The number of hydrogen-bond donors (Lipinski definition) is 3. The maximum atomic E-state index is 12.3. The molecule has 0 aliphatic heterocycles. The Bertz CT molecular complexity index is 751. The Kier molecular flexibility index (Phi) is 6.78. The van der Waals surface area contributed by atoms with Gasteiger partial charge in [-0.25, -0.2) is 14.4 Å². The van der Waals surface area contributed by atoms with Crippen molar-refractivity contribution >= 4 is 40.3 Å². The molecule has 27 heavy (non-hydrogen) atoms. The van der Waals surface area contributed by atoms with Crippen LogP contribution in [0.2, 0.25) is 0 Å². The molecule has 0 unspecified atom stereocenters. The van der Waals surface area contributed by atoms with Crippen LogP contribution in [0.4, 0.5) is 9.80 Å². The summed E-state index contributed by atoms with van der Waals surface area (Å²) < 4.78 is 9.44. The maximum absolute atomic E-state index is 12.3. The first-order valence-electron chi connectivity index (χ1n) is 8.38. The van der Waals surface area contributed by atoms with Crippen LogP contribution in [0.1, 0.15) is 51.3 Å². The number of rotatable bonds is 5. The number of carbonyl (C=O) groups excluding carboxylic acids is 3. The van der Waals surface area contributed by atoms with Crippen molar-refractivity contribution in [2.75, 3.05) is 19.5 Å². The molecule has 2 amide bonds. The minimum Gasteiger partial charge on any atom is -0.481 e. The van der Waals surface area contributed by atoms with Gasteiger partial charge in [0.2, 0.25) is 0 Å². The number of ether oxygens (including phenoxy) is 2. The van der Waals surface area contributed by atoms with E-state index in [0.29, 0.717) is 31.2 Å². The van der Waals surface area contributed by atoms with Gasteiger partial charge in [0.25, 0.3) is 0 Å². The van der Waals surface area contributed by atoms with Crippen LogP contribution in [0.3, 0.4) is 0 Å². The van der Waals surface area contributed by atoms with Gasteiger partial charge in [0, 0.05) is 6.04 Å². The number of aliphatic carboxylic acids is 1. The van der Waals surface area contributed by atoms with Gasteiger partial charge in [-0.15, -0.1) is 11.3 Å². The molecule has 1 saturated carbocycles. The van der Waals surface area contributed by atoms with Crippen LogP contribution in [0.5, 0.6) is 0 Å². The molecule has 9 nitrogen and oxygen atoms in total. The van der Waals surface area contributed by atoms with Crippen molar-refractivity contribution in [1.82, 2.24) is 5.32 Å². The van der Waals surface area contributed by atoms with Crippen LogP contribution in [0, 0.1) is 12.8 Å². The van der Waals surface area contributed by atoms with E-state index in [1.807, 2.05) is 0 Å². The van der Waals surface area contributed by atoms with Gasteiger partial charge in [0.15, 0.2) is 0 Å². The first-order chi connectivity index (χ1) is 12.8. The van der Waals surface area contributed by atoms with Gasteiger partial charge in [-0.1, -0.05) is 0 Å². The number of amides is 2. The standard InChI is InChI=1S/C17H22N2O7S/c1-8-11(15(22)25-2)13(27-12(8)16(23)26-3)19-17(24)18-10-6-4-9(5-7-10)14(20)21/h9-10H,4-7H2,1-3H3,(H,20,21)(H2,18,19,24). The third-order valence-corrected chi connectivity index (χ3v) is 5.73. The molecule has 0 spiro atoms. The molecular weight excluding hydrogens is 376 g/mol. The third-order valence-electron chi connectivity index (χ3n) is 4.55. The van der Waals surface area contributed by atoms with E-state index in [1.54, 1.807) is 6.92 Å². The van der Waals surface area contributed by atoms with Crippen molar-refractivity contribution in [1.29, 1.82) is 0 Å². The molecule has 1 aromatic rings. The number of esters is 2. The molecule has 0 radical (unpaired) electrons. The van der Waals surface area contributed by atoms with Crippen molar-refractivity contribution in [3.63, 3.8) is 0 Å². The molecule has 1 aromatic heterocycles. The molecular formula is C17H22N2O7S. The molecule has 148 valence electrons. The SMILES string of the molecule is COC(=O)c1sc(NC(=O)NC2CCC(C(=O)O)CC2)c(C(=O)OC)c1C. The summed E-state index contributed by atoms with van der Waals surface area (Å²) in [5.74, 6) is -2.47. The minimum absolute atomic E-state index is 0.104. The Morgan fingerprint density at radius 3 is 2.15 bits per heavy atom. The second kappa shape index (κ2) is 8.85. The van der Waals surface area contributed by atoms with Gasteiger partial charge in [-0.05, 0) is 38.2 Å². The van der Waals surface area contributed by atoms with Gasteiger partial charge < -0.3 is 19.9 Å². The van der Waals surface area contributed by atoms with Gasteiger partial charge in [-0.3, -0.25) is 10.1 Å². The highest BCUT2D eigenvalue weighted by atomic mass is 32.1. The molecule has 10 heteroatoms. The van der Waals surface area contributed by atoms with Crippen molar-refractivity contribution in [3.8, 4) is 0 Å². The lowest BCUT2D eigenvalue weighted by Gasteiger charge is -2.26.